The second-order valence-corrected chi connectivity index (χ2v) is 4.12. The number of amides is 1. The first-order valence-electron chi connectivity index (χ1n) is 5.55. The van der Waals surface area contributed by atoms with Gasteiger partial charge in [0.05, 0.1) is 12.5 Å². The number of hydrogen-bond donors (Lipinski definition) is 1. The highest BCUT2D eigenvalue weighted by Crippen LogP contribution is 2.22. The van der Waals surface area contributed by atoms with Gasteiger partial charge in [-0.2, -0.15) is 8.78 Å². The number of aliphatic hydroxyl groups is 1. The number of halogens is 2. The summed E-state index contributed by atoms with van der Waals surface area (Å²) in [7, 11) is 0. The lowest BCUT2D eigenvalue weighted by Crippen LogP contribution is -2.53. The van der Waals surface area contributed by atoms with E-state index in [1.54, 1.807) is 18.2 Å². The number of rotatable bonds is 4. The minimum Gasteiger partial charge on any atom is -0.435 e. The molecular weight excluding hydrogens is 244 g/mol. The molecule has 1 amide bonds. The van der Waals surface area contributed by atoms with Crippen molar-refractivity contribution in [3.05, 3.63) is 29.8 Å². The standard InChI is InChI=1S/C12H13F2NO3/c13-12(14)18-10-4-2-1-3-8(10)5-11(17)15-6-9(16)7-15/h1-4,9,12,16H,5-7H2. The maximum absolute atomic E-state index is 12.2. The van der Waals surface area contributed by atoms with Crippen molar-refractivity contribution in [1.29, 1.82) is 0 Å². The van der Waals surface area contributed by atoms with Gasteiger partial charge in [-0.05, 0) is 6.07 Å². The zero-order chi connectivity index (χ0) is 13.1. The minimum atomic E-state index is -2.91. The Kier molecular flexibility index (Phi) is 3.76. The molecule has 18 heavy (non-hydrogen) atoms. The molecule has 0 aromatic heterocycles. The lowest BCUT2D eigenvalue weighted by molar-refractivity contribution is -0.140. The van der Waals surface area contributed by atoms with E-state index in [0.29, 0.717) is 18.7 Å². The molecular formula is C12H13F2NO3. The molecule has 98 valence electrons. The second kappa shape index (κ2) is 5.30. The molecule has 0 unspecified atom stereocenters. The van der Waals surface area contributed by atoms with Gasteiger partial charge >= 0.3 is 6.61 Å². The average Bonchev–Trinajstić information content (AvgIpc) is 2.27. The molecule has 0 aliphatic carbocycles. The number of nitrogens with zero attached hydrogens (tertiary/aromatic N) is 1. The van der Waals surface area contributed by atoms with Gasteiger partial charge in [0.1, 0.15) is 5.75 Å². The quantitative estimate of drug-likeness (QED) is 0.876. The van der Waals surface area contributed by atoms with E-state index in [1.165, 1.54) is 11.0 Å². The summed E-state index contributed by atoms with van der Waals surface area (Å²) < 4.78 is 28.7. The fraction of sp³-hybridized carbons (Fsp3) is 0.417. The van der Waals surface area contributed by atoms with Crippen LogP contribution in [0.25, 0.3) is 0 Å². The van der Waals surface area contributed by atoms with E-state index in [2.05, 4.69) is 4.74 Å². The minimum absolute atomic E-state index is 0.00435. The third-order valence-electron chi connectivity index (χ3n) is 2.75. The van der Waals surface area contributed by atoms with Crippen LogP contribution < -0.4 is 4.74 Å². The highest BCUT2D eigenvalue weighted by Gasteiger charge is 2.29. The van der Waals surface area contributed by atoms with Crippen LogP contribution in [0.1, 0.15) is 5.56 Å². The van der Waals surface area contributed by atoms with Gasteiger partial charge in [-0.1, -0.05) is 18.2 Å². The molecule has 0 spiro atoms. The third kappa shape index (κ3) is 2.95. The number of ether oxygens (including phenoxy) is 1. The van der Waals surface area contributed by atoms with E-state index in [0.717, 1.165) is 0 Å². The molecule has 0 saturated carbocycles. The predicted molar refractivity (Wildman–Crippen MR) is 59.4 cm³/mol. The maximum atomic E-state index is 12.2. The Morgan fingerprint density at radius 3 is 2.72 bits per heavy atom. The van der Waals surface area contributed by atoms with Gasteiger partial charge in [-0.25, -0.2) is 0 Å². The fourth-order valence-electron chi connectivity index (χ4n) is 1.79. The Bertz CT molecular complexity index is 433. The summed E-state index contributed by atoms with van der Waals surface area (Å²) >= 11 is 0. The Morgan fingerprint density at radius 2 is 2.11 bits per heavy atom. The molecule has 0 bridgehead atoms. The largest absolute Gasteiger partial charge is 0.435 e. The zero-order valence-corrected chi connectivity index (χ0v) is 9.55. The zero-order valence-electron chi connectivity index (χ0n) is 9.55. The molecule has 1 saturated heterocycles. The van der Waals surface area contributed by atoms with Crippen LogP contribution in [0.2, 0.25) is 0 Å². The molecule has 6 heteroatoms. The number of carbonyl (C=O) groups is 1. The van der Waals surface area contributed by atoms with Gasteiger partial charge in [-0.3, -0.25) is 4.79 Å². The van der Waals surface area contributed by atoms with Crippen LogP contribution in [-0.2, 0) is 11.2 Å². The first-order valence-corrected chi connectivity index (χ1v) is 5.55. The van der Waals surface area contributed by atoms with Crippen LogP contribution in [-0.4, -0.2) is 41.7 Å². The molecule has 2 rings (SSSR count). The van der Waals surface area contributed by atoms with E-state index < -0.39 is 12.7 Å². The van der Waals surface area contributed by atoms with Gasteiger partial charge in [0, 0.05) is 18.7 Å². The summed E-state index contributed by atoms with van der Waals surface area (Å²) in [5, 5.41) is 9.09. The van der Waals surface area contributed by atoms with Crippen molar-refractivity contribution >= 4 is 5.91 Å². The molecule has 1 aromatic rings. The SMILES string of the molecule is O=C(Cc1ccccc1OC(F)F)N1CC(O)C1. The van der Waals surface area contributed by atoms with E-state index >= 15 is 0 Å². The summed E-state index contributed by atoms with van der Waals surface area (Å²) in [5.74, 6) is -0.187. The van der Waals surface area contributed by atoms with Crippen LogP contribution in [0.15, 0.2) is 24.3 Å². The van der Waals surface area contributed by atoms with Crippen LogP contribution in [0.5, 0.6) is 5.75 Å². The van der Waals surface area contributed by atoms with Crippen molar-refractivity contribution in [3.8, 4) is 5.75 Å². The van der Waals surface area contributed by atoms with Gasteiger partial charge in [-0.15, -0.1) is 0 Å². The smallest absolute Gasteiger partial charge is 0.387 e. The molecule has 0 radical (unpaired) electrons. The van der Waals surface area contributed by atoms with Gasteiger partial charge < -0.3 is 14.7 Å². The Balaban J connectivity index is 2.02. The van der Waals surface area contributed by atoms with Crippen LogP contribution in [0.3, 0.4) is 0 Å². The Labute approximate surface area is 103 Å². The first kappa shape index (κ1) is 12.8. The number of likely N-dealkylation sites (tertiary alicyclic amines) is 1. The van der Waals surface area contributed by atoms with Crippen LogP contribution in [0.4, 0.5) is 8.78 Å². The van der Waals surface area contributed by atoms with Crippen molar-refractivity contribution in [2.45, 2.75) is 19.1 Å². The Morgan fingerprint density at radius 1 is 1.44 bits per heavy atom. The van der Waals surface area contributed by atoms with Gasteiger partial charge in [0.25, 0.3) is 0 Å². The summed E-state index contributed by atoms with van der Waals surface area (Å²) in [4.78, 5) is 13.2. The summed E-state index contributed by atoms with van der Waals surface area (Å²) in [5.41, 5.74) is 0.421. The number of carbonyl (C=O) groups excluding carboxylic acids is 1. The van der Waals surface area contributed by atoms with Gasteiger partial charge in [0.2, 0.25) is 5.91 Å². The monoisotopic (exact) mass is 257 g/mol. The number of alkyl halides is 2. The molecule has 1 aromatic carbocycles. The van der Waals surface area contributed by atoms with E-state index in [9.17, 15) is 13.6 Å². The number of benzene rings is 1. The van der Waals surface area contributed by atoms with E-state index in [1.807, 2.05) is 0 Å². The summed E-state index contributed by atoms with van der Waals surface area (Å²) in [6, 6.07) is 6.20. The highest BCUT2D eigenvalue weighted by molar-refractivity contribution is 5.80. The Hall–Kier alpha value is -1.69. The van der Waals surface area contributed by atoms with Gasteiger partial charge in [0.15, 0.2) is 0 Å². The molecule has 1 aliphatic heterocycles. The molecule has 1 aliphatic rings. The lowest BCUT2D eigenvalue weighted by Gasteiger charge is -2.36. The lowest BCUT2D eigenvalue weighted by atomic mass is 10.1. The van der Waals surface area contributed by atoms with Crippen molar-refractivity contribution in [1.82, 2.24) is 4.90 Å². The third-order valence-corrected chi connectivity index (χ3v) is 2.75. The van der Waals surface area contributed by atoms with Crippen LogP contribution in [0, 0.1) is 0 Å². The van der Waals surface area contributed by atoms with E-state index in [4.69, 9.17) is 5.11 Å². The highest BCUT2D eigenvalue weighted by atomic mass is 19.3. The molecule has 0 atom stereocenters. The molecule has 4 nitrogen and oxygen atoms in total. The number of hydrogen-bond acceptors (Lipinski definition) is 3. The molecule has 1 fully saturated rings. The fourth-order valence-corrected chi connectivity index (χ4v) is 1.79. The molecule has 1 heterocycles. The molecule has 1 N–H and O–H groups in total. The average molecular weight is 257 g/mol. The maximum Gasteiger partial charge on any atom is 0.387 e. The summed E-state index contributed by atoms with van der Waals surface area (Å²) in [6.45, 7) is -2.31. The summed E-state index contributed by atoms with van der Waals surface area (Å²) in [6.07, 6.45) is -0.475. The first-order chi connectivity index (χ1) is 8.56. The second-order valence-electron chi connectivity index (χ2n) is 4.12. The normalized spacial score (nSPS) is 15.7. The van der Waals surface area contributed by atoms with Crippen molar-refractivity contribution < 1.29 is 23.4 Å². The number of para-hydroxylation sites is 1. The predicted octanol–water partition coefficient (Wildman–Crippen LogP) is 1.03. The van der Waals surface area contributed by atoms with Crippen molar-refractivity contribution in [2.24, 2.45) is 0 Å². The van der Waals surface area contributed by atoms with E-state index in [-0.39, 0.29) is 18.1 Å². The number of β-amino-alcohol motifs (C(OH)–C–C–N with tert-alkyl or cyclic N) is 1. The topological polar surface area (TPSA) is 49.8 Å². The van der Waals surface area contributed by atoms with Crippen molar-refractivity contribution in [3.63, 3.8) is 0 Å². The van der Waals surface area contributed by atoms with Crippen LogP contribution >= 0.6 is 0 Å². The number of aliphatic hydroxyl groups excluding tert-OH is 1. The van der Waals surface area contributed by atoms with Crippen molar-refractivity contribution in [2.75, 3.05) is 13.1 Å².